The second kappa shape index (κ2) is 8.09. The zero-order valence-electron chi connectivity index (χ0n) is 18.0. The van der Waals surface area contributed by atoms with Crippen LogP contribution < -0.4 is 18.9 Å². The molecule has 170 valence electrons. The molecule has 0 unspecified atom stereocenters. The lowest BCUT2D eigenvalue weighted by Gasteiger charge is -2.39. The Kier molecular flexibility index (Phi) is 5.25. The van der Waals surface area contributed by atoms with E-state index in [1.807, 2.05) is 12.1 Å². The molecule has 1 aliphatic carbocycles. The Labute approximate surface area is 185 Å². The number of methoxy groups -OCH3 is 2. The maximum atomic E-state index is 13.0. The molecule has 2 heterocycles. The summed E-state index contributed by atoms with van der Waals surface area (Å²) in [6.45, 7) is 0.564. The van der Waals surface area contributed by atoms with E-state index >= 15 is 0 Å². The predicted molar refractivity (Wildman–Crippen MR) is 113 cm³/mol. The van der Waals surface area contributed by atoms with E-state index in [0.29, 0.717) is 24.5 Å². The molecule has 2 N–H and O–H groups in total. The fourth-order valence-corrected chi connectivity index (χ4v) is 5.45. The van der Waals surface area contributed by atoms with Crippen LogP contribution in [0.15, 0.2) is 24.3 Å². The first kappa shape index (κ1) is 20.8. The monoisotopic (exact) mass is 442 g/mol. The third kappa shape index (κ3) is 3.12. The largest absolute Gasteiger partial charge is 0.502 e. The summed E-state index contributed by atoms with van der Waals surface area (Å²) in [5.74, 6) is 0.768. The number of esters is 1. The Balaban J connectivity index is 1.72. The van der Waals surface area contributed by atoms with Gasteiger partial charge in [-0.05, 0) is 59.7 Å². The van der Waals surface area contributed by atoms with Gasteiger partial charge in [-0.15, -0.1) is 0 Å². The third-order valence-electron chi connectivity index (χ3n) is 6.87. The van der Waals surface area contributed by atoms with Crippen LogP contribution in [0.3, 0.4) is 0 Å². The van der Waals surface area contributed by atoms with Crippen molar-refractivity contribution in [3.8, 4) is 28.7 Å². The van der Waals surface area contributed by atoms with Gasteiger partial charge < -0.3 is 33.9 Å². The molecule has 3 aliphatic rings. The maximum Gasteiger partial charge on any atom is 0.310 e. The lowest BCUT2D eigenvalue weighted by Crippen LogP contribution is -2.34. The molecule has 0 bridgehead atoms. The first-order chi connectivity index (χ1) is 15.6. The smallest absolute Gasteiger partial charge is 0.310 e. The number of rotatable bonds is 6. The topological polar surface area (TPSA) is 104 Å². The quantitative estimate of drug-likeness (QED) is 0.659. The van der Waals surface area contributed by atoms with Gasteiger partial charge >= 0.3 is 5.97 Å². The van der Waals surface area contributed by atoms with Crippen LogP contribution in [0, 0.1) is 11.8 Å². The molecule has 2 aromatic carbocycles. The van der Waals surface area contributed by atoms with Crippen molar-refractivity contribution in [3.05, 3.63) is 41.0 Å². The van der Waals surface area contributed by atoms with Crippen molar-refractivity contribution < 1.29 is 38.7 Å². The van der Waals surface area contributed by atoms with Crippen molar-refractivity contribution in [2.75, 3.05) is 34.2 Å². The van der Waals surface area contributed by atoms with Crippen LogP contribution in [0.4, 0.5) is 0 Å². The Morgan fingerprint density at radius 1 is 1.00 bits per heavy atom. The molecule has 0 spiro atoms. The number of ether oxygens (including phenoxy) is 5. The number of cyclic esters (lactones) is 1. The van der Waals surface area contributed by atoms with Gasteiger partial charge in [0.25, 0.3) is 0 Å². The molecule has 32 heavy (non-hydrogen) atoms. The molecule has 2 aliphatic heterocycles. The van der Waals surface area contributed by atoms with E-state index in [-0.39, 0.29) is 54.4 Å². The van der Waals surface area contributed by atoms with Gasteiger partial charge in [0.15, 0.2) is 23.0 Å². The highest BCUT2D eigenvalue weighted by molar-refractivity contribution is 5.79. The van der Waals surface area contributed by atoms with Crippen LogP contribution in [0.25, 0.3) is 0 Å². The number of aliphatic hydroxyl groups is 1. The molecular weight excluding hydrogens is 416 g/mol. The second-order valence-electron chi connectivity index (χ2n) is 8.38. The van der Waals surface area contributed by atoms with Gasteiger partial charge in [0.05, 0.1) is 26.7 Å². The van der Waals surface area contributed by atoms with Gasteiger partial charge in [-0.3, -0.25) is 4.79 Å². The second-order valence-corrected chi connectivity index (χ2v) is 8.38. The zero-order chi connectivity index (χ0) is 22.4. The third-order valence-corrected chi connectivity index (χ3v) is 6.87. The first-order valence-corrected chi connectivity index (χ1v) is 10.7. The van der Waals surface area contributed by atoms with Crippen molar-refractivity contribution in [1.82, 2.24) is 0 Å². The van der Waals surface area contributed by atoms with Crippen molar-refractivity contribution in [1.29, 1.82) is 0 Å². The van der Waals surface area contributed by atoms with E-state index in [9.17, 15) is 15.0 Å². The summed E-state index contributed by atoms with van der Waals surface area (Å²) in [6.07, 6.45) is 1.36. The summed E-state index contributed by atoms with van der Waals surface area (Å²) < 4.78 is 27.6. The van der Waals surface area contributed by atoms with Crippen LogP contribution in [-0.4, -0.2) is 50.4 Å². The van der Waals surface area contributed by atoms with E-state index in [2.05, 4.69) is 0 Å². The minimum atomic E-state index is -0.412. The average molecular weight is 442 g/mol. The minimum Gasteiger partial charge on any atom is -0.502 e. The molecular formula is C24H26O8. The molecule has 8 heteroatoms. The number of phenolic OH excluding ortho intramolecular Hbond substituents is 1. The number of fused-ring (bicyclic) bond motifs is 3. The van der Waals surface area contributed by atoms with Crippen LogP contribution in [0.2, 0.25) is 0 Å². The van der Waals surface area contributed by atoms with Gasteiger partial charge in [0, 0.05) is 18.4 Å². The molecule has 4 atom stereocenters. The minimum absolute atomic E-state index is 0.0419. The van der Waals surface area contributed by atoms with Crippen molar-refractivity contribution in [2.24, 2.45) is 11.8 Å². The fourth-order valence-electron chi connectivity index (χ4n) is 5.45. The van der Waals surface area contributed by atoms with Gasteiger partial charge in [-0.1, -0.05) is 0 Å². The SMILES string of the molecule is COc1cc([C@@H]2c3cc4c(cc3[C@@H](CCCO)[C@H]3COC(=O)[C@H]23)OCO4)cc(OC)c1O. The molecule has 0 saturated carbocycles. The normalized spacial score (nSPS) is 25.2. The Bertz CT molecular complexity index is 1020. The highest BCUT2D eigenvalue weighted by atomic mass is 16.7. The zero-order valence-corrected chi connectivity index (χ0v) is 18.0. The van der Waals surface area contributed by atoms with Crippen molar-refractivity contribution in [2.45, 2.75) is 24.7 Å². The number of aromatic hydroxyl groups is 1. The van der Waals surface area contributed by atoms with Crippen molar-refractivity contribution >= 4 is 5.97 Å². The lowest BCUT2D eigenvalue weighted by molar-refractivity contribution is -0.141. The average Bonchev–Trinajstić information content (AvgIpc) is 3.42. The van der Waals surface area contributed by atoms with Gasteiger partial charge in [0.1, 0.15) is 0 Å². The molecule has 0 radical (unpaired) electrons. The summed E-state index contributed by atoms with van der Waals surface area (Å²) >= 11 is 0. The first-order valence-electron chi connectivity index (χ1n) is 10.7. The van der Waals surface area contributed by atoms with Gasteiger partial charge in [0.2, 0.25) is 12.5 Å². The number of hydrogen-bond acceptors (Lipinski definition) is 8. The van der Waals surface area contributed by atoms with Crippen LogP contribution >= 0.6 is 0 Å². The number of carbonyl (C=O) groups is 1. The highest BCUT2D eigenvalue weighted by Gasteiger charge is 2.52. The number of carbonyl (C=O) groups excluding carboxylic acids is 1. The van der Waals surface area contributed by atoms with Crippen LogP contribution in [-0.2, 0) is 9.53 Å². The number of benzene rings is 2. The Morgan fingerprint density at radius 2 is 1.66 bits per heavy atom. The summed E-state index contributed by atoms with van der Waals surface area (Å²) in [5, 5.41) is 19.9. The standard InChI is InChI=1S/C24H26O8/c1-28-19-6-12(7-20(29-2)23(19)26)21-15-9-18-17(31-11-32-18)8-14(15)13(4-3-5-25)16-10-30-24(27)22(16)21/h6-9,13,16,21-22,25-26H,3-5,10-11H2,1-2H3/t13-,16-,21-,22+/m1/s1. The van der Waals surface area contributed by atoms with E-state index in [1.54, 1.807) is 12.1 Å². The summed E-state index contributed by atoms with van der Waals surface area (Å²) in [4.78, 5) is 13.0. The molecule has 2 aromatic rings. The number of aliphatic hydroxyl groups excluding tert-OH is 1. The van der Waals surface area contributed by atoms with E-state index in [1.165, 1.54) is 14.2 Å². The van der Waals surface area contributed by atoms with E-state index < -0.39 is 5.92 Å². The molecule has 1 fully saturated rings. The van der Waals surface area contributed by atoms with Gasteiger partial charge in [-0.25, -0.2) is 0 Å². The molecule has 8 nitrogen and oxygen atoms in total. The van der Waals surface area contributed by atoms with Crippen LogP contribution in [0.1, 0.15) is 41.4 Å². The highest BCUT2D eigenvalue weighted by Crippen LogP contribution is 2.57. The predicted octanol–water partition coefficient (Wildman–Crippen LogP) is 2.93. The lowest BCUT2D eigenvalue weighted by atomic mass is 9.62. The van der Waals surface area contributed by atoms with Gasteiger partial charge in [-0.2, -0.15) is 0 Å². The molecule has 0 amide bonds. The summed E-state index contributed by atoms with van der Waals surface area (Å²) in [6, 6.07) is 7.43. The van der Waals surface area contributed by atoms with Crippen molar-refractivity contribution in [3.63, 3.8) is 0 Å². The maximum absolute atomic E-state index is 13.0. The Morgan fingerprint density at radius 3 is 2.28 bits per heavy atom. The molecule has 5 rings (SSSR count). The van der Waals surface area contributed by atoms with Crippen LogP contribution in [0.5, 0.6) is 28.7 Å². The molecule has 1 saturated heterocycles. The summed E-state index contributed by atoms with van der Waals surface area (Å²) in [5.41, 5.74) is 2.80. The number of phenols is 1. The fraction of sp³-hybridized carbons (Fsp3) is 0.458. The van der Waals surface area contributed by atoms with E-state index in [4.69, 9.17) is 23.7 Å². The van der Waals surface area contributed by atoms with E-state index in [0.717, 1.165) is 23.1 Å². The Hall–Kier alpha value is -3.13. The summed E-state index contributed by atoms with van der Waals surface area (Å²) in [7, 11) is 2.95. The molecule has 0 aromatic heterocycles. The number of hydrogen-bond donors (Lipinski definition) is 2.